The van der Waals surface area contributed by atoms with Crippen LogP contribution in [0.2, 0.25) is 0 Å². The van der Waals surface area contributed by atoms with E-state index in [2.05, 4.69) is 16.8 Å². The SMILES string of the molecule is CN(CCN1CCCC1)CC1CCCCCC1N. The summed E-state index contributed by atoms with van der Waals surface area (Å²) in [6, 6.07) is 0.446. The molecule has 2 N–H and O–H groups in total. The molecule has 0 spiro atoms. The van der Waals surface area contributed by atoms with Crippen LogP contribution in [0.3, 0.4) is 0 Å². The van der Waals surface area contributed by atoms with Gasteiger partial charge in [-0.15, -0.1) is 0 Å². The molecule has 0 radical (unpaired) electrons. The van der Waals surface area contributed by atoms with Crippen LogP contribution >= 0.6 is 0 Å². The molecule has 2 unspecified atom stereocenters. The maximum atomic E-state index is 6.31. The van der Waals surface area contributed by atoms with Gasteiger partial charge in [0.25, 0.3) is 0 Å². The lowest BCUT2D eigenvalue weighted by Gasteiger charge is -2.28. The smallest absolute Gasteiger partial charge is 0.0109 e. The molecule has 18 heavy (non-hydrogen) atoms. The van der Waals surface area contributed by atoms with E-state index in [1.807, 2.05) is 0 Å². The van der Waals surface area contributed by atoms with Gasteiger partial charge in [0.05, 0.1) is 0 Å². The van der Waals surface area contributed by atoms with Crippen LogP contribution in [-0.4, -0.2) is 55.6 Å². The fourth-order valence-electron chi connectivity index (χ4n) is 3.45. The van der Waals surface area contributed by atoms with Crippen molar-refractivity contribution < 1.29 is 0 Å². The second-order valence-corrected chi connectivity index (χ2v) is 6.37. The van der Waals surface area contributed by atoms with Gasteiger partial charge in [-0.1, -0.05) is 19.3 Å². The zero-order valence-electron chi connectivity index (χ0n) is 12.1. The first-order valence-corrected chi connectivity index (χ1v) is 7.92. The van der Waals surface area contributed by atoms with E-state index in [1.165, 1.54) is 77.7 Å². The van der Waals surface area contributed by atoms with Gasteiger partial charge in [-0.2, -0.15) is 0 Å². The van der Waals surface area contributed by atoms with Gasteiger partial charge in [-0.3, -0.25) is 0 Å². The summed E-state index contributed by atoms with van der Waals surface area (Å²) in [4.78, 5) is 5.11. The van der Waals surface area contributed by atoms with E-state index in [4.69, 9.17) is 5.73 Å². The first-order chi connectivity index (χ1) is 8.75. The van der Waals surface area contributed by atoms with Gasteiger partial charge in [-0.05, 0) is 51.7 Å². The van der Waals surface area contributed by atoms with Crippen LogP contribution < -0.4 is 5.73 Å². The maximum absolute atomic E-state index is 6.31. The van der Waals surface area contributed by atoms with E-state index < -0.39 is 0 Å². The van der Waals surface area contributed by atoms with Crippen molar-refractivity contribution in [1.82, 2.24) is 9.80 Å². The predicted octanol–water partition coefficient (Wildman–Crippen LogP) is 1.92. The molecule has 1 aliphatic heterocycles. The molecule has 1 heterocycles. The van der Waals surface area contributed by atoms with Crippen molar-refractivity contribution in [2.24, 2.45) is 11.7 Å². The lowest BCUT2D eigenvalue weighted by Crippen LogP contribution is -2.40. The van der Waals surface area contributed by atoms with Gasteiger partial charge < -0.3 is 15.5 Å². The molecule has 0 aromatic rings. The zero-order chi connectivity index (χ0) is 12.8. The number of hydrogen-bond donors (Lipinski definition) is 1. The molecule has 2 fully saturated rings. The number of rotatable bonds is 5. The summed E-state index contributed by atoms with van der Waals surface area (Å²) in [5.74, 6) is 0.732. The van der Waals surface area contributed by atoms with Crippen LogP contribution in [0.5, 0.6) is 0 Å². The highest BCUT2D eigenvalue weighted by atomic mass is 15.2. The van der Waals surface area contributed by atoms with Crippen LogP contribution in [0, 0.1) is 5.92 Å². The molecule has 106 valence electrons. The average Bonchev–Trinajstić information content (AvgIpc) is 2.80. The molecule has 3 heteroatoms. The van der Waals surface area contributed by atoms with Crippen molar-refractivity contribution in [1.29, 1.82) is 0 Å². The summed E-state index contributed by atoms with van der Waals surface area (Å²) < 4.78 is 0. The highest BCUT2D eigenvalue weighted by molar-refractivity contribution is 4.79. The fraction of sp³-hybridized carbons (Fsp3) is 1.00. The molecule has 1 saturated heterocycles. The van der Waals surface area contributed by atoms with Crippen molar-refractivity contribution >= 4 is 0 Å². The lowest BCUT2D eigenvalue weighted by atomic mass is 9.95. The number of nitrogens with zero attached hydrogens (tertiary/aromatic N) is 2. The average molecular weight is 253 g/mol. The van der Waals surface area contributed by atoms with Gasteiger partial charge in [0.2, 0.25) is 0 Å². The zero-order valence-corrected chi connectivity index (χ0v) is 12.1. The third-order valence-corrected chi connectivity index (χ3v) is 4.76. The molecule has 0 aromatic carbocycles. The Labute approximate surface area is 113 Å². The third kappa shape index (κ3) is 4.52. The van der Waals surface area contributed by atoms with Crippen molar-refractivity contribution in [2.75, 3.05) is 39.8 Å². The second-order valence-electron chi connectivity index (χ2n) is 6.37. The summed E-state index contributed by atoms with van der Waals surface area (Å²) >= 11 is 0. The molecule has 0 amide bonds. The summed E-state index contributed by atoms with van der Waals surface area (Å²) in [6.07, 6.45) is 9.50. The highest BCUT2D eigenvalue weighted by Gasteiger charge is 2.22. The van der Waals surface area contributed by atoms with E-state index in [-0.39, 0.29) is 0 Å². The van der Waals surface area contributed by atoms with E-state index in [0.29, 0.717) is 6.04 Å². The van der Waals surface area contributed by atoms with Gasteiger partial charge >= 0.3 is 0 Å². The van der Waals surface area contributed by atoms with Crippen LogP contribution in [0.4, 0.5) is 0 Å². The van der Waals surface area contributed by atoms with Crippen molar-refractivity contribution in [3.63, 3.8) is 0 Å². The largest absolute Gasteiger partial charge is 0.327 e. The maximum Gasteiger partial charge on any atom is 0.0109 e. The third-order valence-electron chi connectivity index (χ3n) is 4.76. The van der Waals surface area contributed by atoms with E-state index in [9.17, 15) is 0 Å². The monoisotopic (exact) mass is 253 g/mol. The lowest BCUT2D eigenvalue weighted by molar-refractivity contribution is 0.212. The van der Waals surface area contributed by atoms with Crippen LogP contribution in [0.15, 0.2) is 0 Å². The summed E-state index contributed by atoms with van der Waals surface area (Å²) in [5, 5.41) is 0. The van der Waals surface area contributed by atoms with Gasteiger partial charge in [0, 0.05) is 25.7 Å². The molecule has 1 aliphatic carbocycles. The Morgan fingerprint density at radius 3 is 2.56 bits per heavy atom. The Balaban J connectivity index is 1.66. The number of hydrogen-bond acceptors (Lipinski definition) is 3. The molecule has 0 aromatic heterocycles. The Morgan fingerprint density at radius 2 is 1.78 bits per heavy atom. The minimum Gasteiger partial charge on any atom is -0.327 e. The van der Waals surface area contributed by atoms with Gasteiger partial charge in [-0.25, -0.2) is 0 Å². The molecule has 2 rings (SSSR count). The Kier molecular flexibility index (Phi) is 5.93. The van der Waals surface area contributed by atoms with Gasteiger partial charge in [0.1, 0.15) is 0 Å². The quantitative estimate of drug-likeness (QED) is 0.760. The summed E-state index contributed by atoms with van der Waals surface area (Å²) in [5.41, 5.74) is 6.31. The summed E-state index contributed by atoms with van der Waals surface area (Å²) in [7, 11) is 2.27. The molecule has 0 bridgehead atoms. The number of likely N-dealkylation sites (tertiary alicyclic amines) is 1. The predicted molar refractivity (Wildman–Crippen MR) is 77.7 cm³/mol. The second kappa shape index (κ2) is 7.46. The van der Waals surface area contributed by atoms with Crippen molar-refractivity contribution in [3.8, 4) is 0 Å². The molecular weight excluding hydrogens is 222 g/mol. The first-order valence-electron chi connectivity index (χ1n) is 7.92. The number of nitrogens with two attached hydrogens (primary N) is 1. The standard InChI is InChI=1S/C15H31N3/c1-17(11-12-18-9-5-6-10-18)13-14-7-3-2-4-8-15(14)16/h14-15H,2-13,16H2,1H3. The topological polar surface area (TPSA) is 32.5 Å². The normalized spacial score (nSPS) is 30.8. The van der Waals surface area contributed by atoms with E-state index in [0.717, 1.165) is 5.92 Å². The van der Waals surface area contributed by atoms with Gasteiger partial charge in [0.15, 0.2) is 0 Å². The molecular formula is C15H31N3. The summed E-state index contributed by atoms with van der Waals surface area (Å²) in [6.45, 7) is 6.30. The molecule has 1 saturated carbocycles. The van der Waals surface area contributed by atoms with E-state index >= 15 is 0 Å². The highest BCUT2D eigenvalue weighted by Crippen LogP contribution is 2.22. The van der Waals surface area contributed by atoms with E-state index in [1.54, 1.807) is 0 Å². The Hall–Kier alpha value is -0.120. The van der Waals surface area contributed by atoms with Crippen molar-refractivity contribution in [2.45, 2.75) is 51.0 Å². The fourth-order valence-corrected chi connectivity index (χ4v) is 3.45. The molecule has 2 aliphatic rings. The Bertz CT molecular complexity index is 226. The van der Waals surface area contributed by atoms with Crippen LogP contribution in [0.1, 0.15) is 44.9 Å². The minimum absolute atomic E-state index is 0.446. The molecule has 3 nitrogen and oxygen atoms in total. The van der Waals surface area contributed by atoms with Crippen LogP contribution in [0.25, 0.3) is 0 Å². The first kappa shape index (κ1) is 14.3. The Morgan fingerprint density at radius 1 is 1.06 bits per heavy atom. The minimum atomic E-state index is 0.446. The molecule has 2 atom stereocenters. The van der Waals surface area contributed by atoms with Crippen LogP contribution in [-0.2, 0) is 0 Å². The van der Waals surface area contributed by atoms with Crippen molar-refractivity contribution in [3.05, 3.63) is 0 Å². The number of likely N-dealkylation sites (N-methyl/N-ethyl adjacent to an activating group) is 1.